The molecule has 3 rings (SSSR count). The second-order valence-electron chi connectivity index (χ2n) is 5.51. The van der Waals surface area contributed by atoms with Crippen LogP contribution in [-0.2, 0) is 11.3 Å². The molecule has 0 saturated carbocycles. The number of thioether (sulfide) groups is 1. The Labute approximate surface area is 156 Å². The van der Waals surface area contributed by atoms with Crippen molar-refractivity contribution in [3.05, 3.63) is 71.2 Å². The van der Waals surface area contributed by atoms with Crippen molar-refractivity contribution in [2.24, 2.45) is 0 Å². The lowest BCUT2D eigenvalue weighted by Gasteiger charge is -2.09. The molecule has 3 nitrogen and oxygen atoms in total. The third-order valence-corrected chi connectivity index (χ3v) is 5.20. The van der Waals surface area contributed by atoms with E-state index in [9.17, 15) is 4.79 Å². The normalized spacial score (nSPS) is 10.6. The topological polar surface area (TPSA) is 38.3 Å². The molecule has 0 aliphatic heterocycles. The van der Waals surface area contributed by atoms with Crippen molar-refractivity contribution in [1.82, 2.24) is 5.32 Å². The van der Waals surface area contributed by atoms with Crippen LogP contribution in [0.25, 0.3) is 10.8 Å². The maximum Gasteiger partial charge on any atom is 0.230 e. The van der Waals surface area contributed by atoms with Crippen molar-refractivity contribution in [2.45, 2.75) is 11.4 Å². The van der Waals surface area contributed by atoms with E-state index >= 15 is 0 Å². The molecule has 3 aromatic rings. The number of carbonyl (C=O) groups excluding carboxylic acids is 1. The molecule has 0 atom stereocenters. The highest BCUT2D eigenvalue weighted by molar-refractivity contribution is 8.00. The van der Waals surface area contributed by atoms with Crippen molar-refractivity contribution < 1.29 is 9.53 Å². The largest absolute Gasteiger partial charge is 0.497 e. The molecular weight excluding hydrogens is 354 g/mol. The van der Waals surface area contributed by atoms with Gasteiger partial charge < -0.3 is 10.1 Å². The Kier molecular flexibility index (Phi) is 5.84. The zero-order valence-electron chi connectivity index (χ0n) is 13.8. The van der Waals surface area contributed by atoms with Gasteiger partial charge in [-0.05, 0) is 35.2 Å². The van der Waals surface area contributed by atoms with E-state index in [1.807, 2.05) is 60.7 Å². The Bertz CT molecular complexity index is 875. The molecule has 0 bridgehead atoms. The summed E-state index contributed by atoms with van der Waals surface area (Å²) in [5, 5.41) is 5.72. The summed E-state index contributed by atoms with van der Waals surface area (Å²) in [5.41, 5.74) is 1.03. The Morgan fingerprint density at radius 2 is 1.80 bits per heavy atom. The quantitative estimate of drug-likeness (QED) is 0.625. The summed E-state index contributed by atoms with van der Waals surface area (Å²) < 4.78 is 5.13. The van der Waals surface area contributed by atoms with Gasteiger partial charge in [-0.2, -0.15) is 0 Å². The molecule has 3 aromatic carbocycles. The average Bonchev–Trinajstić information content (AvgIpc) is 2.65. The van der Waals surface area contributed by atoms with Gasteiger partial charge in [0.1, 0.15) is 5.75 Å². The molecule has 0 heterocycles. The summed E-state index contributed by atoms with van der Waals surface area (Å²) in [4.78, 5) is 13.2. The molecule has 0 radical (unpaired) electrons. The number of benzene rings is 3. The van der Waals surface area contributed by atoms with E-state index in [4.69, 9.17) is 16.3 Å². The van der Waals surface area contributed by atoms with Crippen LogP contribution in [0.5, 0.6) is 5.75 Å². The molecule has 0 fully saturated rings. The van der Waals surface area contributed by atoms with Gasteiger partial charge in [-0.25, -0.2) is 0 Å². The lowest BCUT2D eigenvalue weighted by Crippen LogP contribution is -2.24. The van der Waals surface area contributed by atoms with Gasteiger partial charge in [-0.3, -0.25) is 4.79 Å². The third kappa shape index (κ3) is 4.47. The Hall–Kier alpha value is -2.17. The number of rotatable bonds is 6. The smallest absolute Gasteiger partial charge is 0.230 e. The average molecular weight is 372 g/mol. The van der Waals surface area contributed by atoms with Crippen LogP contribution in [-0.4, -0.2) is 18.8 Å². The fourth-order valence-corrected chi connectivity index (χ4v) is 3.80. The van der Waals surface area contributed by atoms with E-state index in [2.05, 4.69) is 5.32 Å². The molecule has 0 saturated heterocycles. The first-order valence-electron chi connectivity index (χ1n) is 7.87. The minimum Gasteiger partial charge on any atom is -0.497 e. The summed E-state index contributed by atoms with van der Waals surface area (Å²) >= 11 is 7.82. The van der Waals surface area contributed by atoms with Crippen LogP contribution in [0.4, 0.5) is 0 Å². The van der Waals surface area contributed by atoms with Crippen LogP contribution in [0.3, 0.4) is 0 Å². The number of ether oxygens (including phenoxy) is 1. The fourth-order valence-electron chi connectivity index (χ4n) is 2.52. The zero-order valence-corrected chi connectivity index (χ0v) is 15.4. The summed E-state index contributed by atoms with van der Waals surface area (Å²) in [6.07, 6.45) is 0. The number of methoxy groups -OCH3 is 1. The Morgan fingerprint density at radius 1 is 1.08 bits per heavy atom. The minimum absolute atomic E-state index is 0.00938. The van der Waals surface area contributed by atoms with Crippen LogP contribution in [0.2, 0.25) is 5.02 Å². The summed E-state index contributed by atoms with van der Waals surface area (Å²) in [7, 11) is 1.63. The molecule has 0 aromatic heterocycles. The second kappa shape index (κ2) is 8.28. The molecule has 0 spiro atoms. The molecule has 0 unspecified atom stereocenters. The van der Waals surface area contributed by atoms with Gasteiger partial charge in [0.15, 0.2) is 0 Å². The number of hydrogen-bond donors (Lipinski definition) is 1. The molecule has 128 valence electrons. The first-order chi connectivity index (χ1) is 12.2. The number of hydrogen-bond acceptors (Lipinski definition) is 3. The molecule has 0 aliphatic rings. The van der Waals surface area contributed by atoms with Gasteiger partial charge in [0.05, 0.1) is 12.9 Å². The molecule has 25 heavy (non-hydrogen) atoms. The van der Waals surface area contributed by atoms with Gasteiger partial charge in [0, 0.05) is 21.8 Å². The lowest BCUT2D eigenvalue weighted by atomic mass is 10.1. The SMILES string of the molecule is COc1ccc(CNC(=O)CSc2cccc3cccc(Cl)c23)cc1. The van der Waals surface area contributed by atoms with Crippen LogP contribution in [0.1, 0.15) is 5.56 Å². The second-order valence-corrected chi connectivity index (χ2v) is 6.93. The first kappa shape index (κ1) is 17.6. The van der Waals surface area contributed by atoms with Gasteiger partial charge in [0.25, 0.3) is 0 Å². The number of fused-ring (bicyclic) bond motifs is 1. The van der Waals surface area contributed by atoms with Gasteiger partial charge in [-0.1, -0.05) is 48.0 Å². The summed E-state index contributed by atoms with van der Waals surface area (Å²) in [6, 6.07) is 19.5. The Morgan fingerprint density at radius 3 is 2.52 bits per heavy atom. The highest BCUT2D eigenvalue weighted by Gasteiger charge is 2.08. The first-order valence-corrected chi connectivity index (χ1v) is 9.23. The fraction of sp³-hybridized carbons (Fsp3) is 0.150. The molecule has 5 heteroatoms. The highest BCUT2D eigenvalue weighted by Crippen LogP contribution is 2.33. The summed E-state index contributed by atoms with van der Waals surface area (Å²) in [5.74, 6) is 1.14. The third-order valence-electron chi connectivity index (χ3n) is 3.82. The number of halogens is 1. The molecule has 1 N–H and O–H groups in total. The number of carbonyl (C=O) groups is 1. The van der Waals surface area contributed by atoms with Gasteiger partial charge in [-0.15, -0.1) is 11.8 Å². The van der Waals surface area contributed by atoms with Crippen LogP contribution < -0.4 is 10.1 Å². The maximum absolute atomic E-state index is 12.1. The standard InChI is InChI=1S/C20H18ClNO2S/c1-24-16-10-8-14(9-11-16)12-22-19(23)13-25-18-7-3-5-15-4-2-6-17(21)20(15)18/h2-11H,12-13H2,1H3,(H,22,23). The predicted octanol–water partition coefficient (Wildman–Crippen LogP) is 4.91. The molecule has 1 amide bonds. The molecule has 0 aliphatic carbocycles. The summed E-state index contributed by atoms with van der Waals surface area (Å²) in [6.45, 7) is 0.500. The monoisotopic (exact) mass is 371 g/mol. The highest BCUT2D eigenvalue weighted by atomic mass is 35.5. The van der Waals surface area contributed by atoms with E-state index in [-0.39, 0.29) is 5.91 Å². The Balaban J connectivity index is 1.59. The van der Waals surface area contributed by atoms with Crippen molar-refractivity contribution in [2.75, 3.05) is 12.9 Å². The van der Waals surface area contributed by atoms with E-state index < -0.39 is 0 Å². The predicted molar refractivity (Wildman–Crippen MR) is 105 cm³/mol. The lowest BCUT2D eigenvalue weighted by molar-refractivity contribution is -0.118. The van der Waals surface area contributed by atoms with Crippen LogP contribution >= 0.6 is 23.4 Å². The van der Waals surface area contributed by atoms with Crippen molar-refractivity contribution >= 4 is 40.0 Å². The van der Waals surface area contributed by atoms with E-state index in [0.29, 0.717) is 17.3 Å². The van der Waals surface area contributed by atoms with E-state index in [0.717, 1.165) is 27.0 Å². The van der Waals surface area contributed by atoms with E-state index in [1.54, 1.807) is 7.11 Å². The van der Waals surface area contributed by atoms with Crippen LogP contribution in [0, 0.1) is 0 Å². The molecular formula is C20H18ClNO2S. The van der Waals surface area contributed by atoms with Crippen molar-refractivity contribution in [3.8, 4) is 5.75 Å². The maximum atomic E-state index is 12.1. The number of nitrogens with one attached hydrogen (secondary N) is 1. The van der Waals surface area contributed by atoms with Gasteiger partial charge in [0.2, 0.25) is 5.91 Å². The van der Waals surface area contributed by atoms with Gasteiger partial charge >= 0.3 is 0 Å². The van der Waals surface area contributed by atoms with Crippen molar-refractivity contribution in [3.63, 3.8) is 0 Å². The van der Waals surface area contributed by atoms with Crippen LogP contribution in [0.15, 0.2) is 65.6 Å². The number of amides is 1. The van der Waals surface area contributed by atoms with E-state index in [1.165, 1.54) is 11.8 Å². The van der Waals surface area contributed by atoms with Crippen molar-refractivity contribution in [1.29, 1.82) is 0 Å². The minimum atomic E-state index is -0.00938. The zero-order chi connectivity index (χ0) is 17.6.